The first-order valence-corrected chi connectivity index (χ1v) is 6.71. The van der Waals surface area contributed by atoms with Crippen molar-refractivity contribution in [2.75, 3.05) is 0 Å². The van der Waals surface area contributed by atoms with Crippen LogP contribution in [0.15, 0.2) is 23.3 Å². The van der Waals surface area contributed by atoms with Gasteiger partial charge in [0.2, 0.25) is 0 Å². The fraction of sp³-hybridized carbons (Fsp3) is 0.600. The Balaban J connectivity index is 2.11. The highest BCUT2D eigenvalue weighted by Crippen LogP contribution is 2.49. The highest BCUT2D eigenvalue weighted by Gasteiger charge is 2.54. The molecule has 0 bridgehead atoms. The van der Waals surface area contributed by atoms with Crippen molar-refractivity contribution in [2.24, 2.45) is 17.8 Å². The number of aliphatic hydroxyl groups is 1. The van der Waals surface area contributed by atoms with Crippen molar-refractivity contribution >= 4 is 11.8 Å². The third-order valence-corrected chi connectivity index (χ3v) is 4.77. The van der Waals surface area contributed by atoms with E-state index in [0.717, 1.165) is 16.7 Å². The summed E-state index contributed by atoms with van der Waals surface area (Å²) in [5.74, 6) is -0.997. The van der Waals surface area contributed by atoms with Crippen LogP contribution in [0.4, 0.5) is 0 Å². The molecule has 1 N–H and O–H groups in total. The van der Waals surface area contributed by atoms with Gasteiger partial charge in [0.05, 0.1) is 12.0 Å². The molecule has 1 saturated carbocycles. The fourth-order valence-electron chi connectivity index (χ4n) is 3.85. The van der Waals surface area contributed by atoms with E-state index in [2.05, 4.69) is 6.58 Å². The molecule has 0 aromatic heterocycles. The number of hydrogen-bond acceptors (Lipinski definition) is 4. The van der Waals surface area contributed by atoms with Crippen LogP contribution in [0.1, 0.15) is 26.7 Å². The van der Waals surface area contributed by atoms with Crippen LogP contribution in [-0.4, -0.2) is 29.1 Å². The largest absolute Gasteiger partial charge is 0.461 e. The summed E-state index contributed by atoms with van der Waals surface area (Å²) in [7, 11) is 0. The van der Waals surface area contributed by atoms with E-state index in [-0.39, 0.29) is 29.5 Å². The second-order valence-corrected chi connectivity index (χ2v) is 5.97. The lowest BCUT2D eigenvalue weighted by Gasteiger charge is -2.26. The Morgan fingerprint density at radius 1 is 1.37 bits per heavy atom. The molecule has 0 unspecified atom stereocenters. The lowest BCUT2D eigenvalue weighted by molar-refractivity contribution is -0.144. The van der Waals surface area contributed by atoms with Gasteiger partial charge in [0, 0.05) is 23.8 Å². The predicted molar refractivity (Wildman–Crippen MR) is 68.1 cm³/mol. The Hall–Kier alpha value is -1.42. The average Bonchev–Trinajstić information content (AvgIpc) is 2.72. The molecule has 102 valence electrons. The molecule has 0 spiro atoms. The molecule has 19 heavy (non-hydrogen) atoms. The number of hydrogen-bond donors (Lipinski definition) is 1. The van der Waals surface area contributed by atoms with Crippen LogP contribution in [0.25, 0.3) is 0 Å². The number of ether oxygens (including phenoxy) is 1. The summed E-state index contributed by atoms with van der Waals surface area (Å²) in [6.45, 7) is 7.64. The van der Waals surface area contributed by atoms with Crippen LogP contribution in [0, 0.1) is 17.8 Å². The Kier molecular flexibility index (Phi) is 2.68. The average molecular weight is 262 g/mol. The van der Waals surface area contributed by atoms with Crippen LogP contribution in [0.2, 0.25) is 0 Å². The summed E-state index contributed by atoms with van der Waals surface area (Å²) < 4.78 is 5.46. The molecule has 0 amide bonds. The molecule has 3 rings (SSSR count). The van der Waals surface area contributed by atoms with Gasteiger partial charge in [0.15, 0.2) is 5.78 Å². The predicted octanol–water partition coefficient (Wildman–Crippen LogP) is 1.39. The minimum absolute atomic E-state index is 0.0657. The van der Waals surface area contributed by atoms with Gasteiger partial charge in [-0.25, -0.2) is 0 Å². The zero-order chi connectivity index (χ0) is 13.9. The molecular weight excluding hydrogens is 244 g/mol. The van der Waals surface area contributed by atoms with Crippen LogP contribution >= 0.6 is 0 Å². The van der Waals surface area contributed by atoms with Crippen molar-refractivity contribution in [3.63, 3.8) is 0 Å². The van der Waals surface area contributed by atoms with Crippen molar-refractivity contribution in [1.82, 2.24) is 0 Å². The van der Waals surface area contributed by atoms with E-state index >= 15 is 0 Å². The minimum atomic E-state index is -0.634. The third-order valence-electron chi connectivity index (χ3n) is 4.77. The van der Waals surface area contributed by atoms with Crippen molar-refractivity contribution < 1.29 is 19.4 Å². The topological polar surface area (TPSA) is 63.6 Å². The molecule has 3 aliphatic rings. The molecule has 1 aliphatic heterocycles. The van der Waals surface area contributed by atoms with E-state index in [1.165, 1.54) is 0 Å². The van der Waals surface area contributed by atoms with E-state index in [0.29, 0.717) is 12.8 Å². The van der Waals surface area contributed by atoms with Crippen molar-refractivity contribution in [1.29, 1.82) is 0 Å². The van der Waals surface area contributed by atoms with E-state index in [1.807, 2.05) is 6.92 Å². The van der Waals surface area contributed by atoms with Crippen LogP contribution < -0.4 is 0 Å². The molecule has 4 nitrogen and oxygen atoms in total. The van der Waals surface area contributed by atoms with Gasteiger partial charge >= 0.3 is 5.97 Å². The number of fused-ring (bicyclic) bond motifs is 3. The number of aliphatic hydroxyl groups excluding tert-OH is 1. The second-order valence-electron chi connectivity index (χ2n) is 5.97. The van der Waals surface area contributed by atoms with Crippen LogP contribution in [-0.2, 0) is 14.3 Å². The lowest BCUT2D eigenvalue weighted by Crippen LogP contribution is -2.34. The first-order valence-electron chi connectivity index (χ1n) is 6.71. The summed E-state index contributed by atoms with van der Waals surface area (Å²) in [5.41, 5.74) is 2.45. The zero-order valence-corrected chi connectivity index (χ0v) is 11.2. The van der Waals surface area contributed by atoms with Crippen molar-refractivity contribution in [2.45, 2.75) is 38.9 Å². The maximum atomic E-state index is 12.1. The molecule has 2 aliphatic carbocycles. The summed E-state index contributed by atoms with van der Waals surface area (Å²) in [6, 6.07) is 0. The Labute approximate surface area is 112 Å². The minimum Gasteiger partial charge on any atom is -0.461 e. The Bertz CT molecular complexity index is 516. The molecule has 4 heteroatoms. The maximum Gasteiger partial charge on any atom is 0.309 e. The highest BCUT2D eigenvalue weighted by atomic mass is 16.6. The van der Waals surface area contributed by atoms with Gasteiger partial charge in [0.1, 0.15) is 6.10 Å². The van der Waals surface area contributed by atoms with Gasteiger partial charge in [0.25, 0.3) is 0 Å². The number of rotatable bonds is 0. The van der Waals surface area contributed by atoms with Gasteiger partial charge in [-0.05, 0) is 13.3 Å². The fourth-order valence-corrected chi connectivity index (χ4v) is 3.85. The smallest absolute Gasteiger partial charge is 0.309 e. The molecule has 5 atom stereocenters. The lowest BCUT2D eigenvalue weighted by atomic mass is 9.80. The van der Waals surface area contributed by atoms with Gasteiger partial charge in [-0.15, -0.1) is 0 Å². The van der Waals surface area contributed by atoms with Crippen molar-refractivity contribution in [3.05, 3.63) is 23.3 Å². The monoisotopic (exact) mass is 262 g/mol. The SMILES string of the molecule is C=C1CC(=O)C2=C(C)C[C@H](O)[C@@H]3[C@H](OC(=O)[C@@H]3C)[C@@H]12. The summed E-state index contributed by atoms with van der Waals surface area (Å²) in [4.78, 5) is 23.9. The number of carbonyl (C=O) groups is 2. The molecule has 0 aromatic carbocycles. The number of ketones is 1. The van der Waals surface area contributed by atoms with Gasteiger partial charge in [-0.1, -0.05) is 24.6 Å². The first kappa shape index (κ1) is 12.6. The Morgan fingerprint density at radius 3 is 2.74 bits per heavy atom. The maximum absolute atomic E-state index is 12.1. The van der Waals surface area contributed by atoms with E-state index in [9.17, 15) is 14.7 Å². The zero-order valence-electron chi connectivity index (χ0n) is 11.2. The third kappa shape index (κ3) is 1.62. The van der Waals surface area contributed by atoms with E-state index in [1.54, 1.807) is 6.92 Å². The molecule has 1 heterocycles. The number of Topliss-reactive ketones (excluding diaryl/α,β-unsaturated/α-hetero) is 1. The van der Waals surface area contributed by atoms with Crippen LogP contribution in [0.5, 0.6) is 0 Å². The quantitative estimate of drug-likeness (QED) is 0.529. The molecule has 0 radical (unpaired) electrons. The van der Waals surface area contributed by atoms with Gasteiger partial charge in [-0.3, -0.25) is 9.59 Å². The van der Waals surface area contributed by atoms with Gasteiger partial charge < -0.3 is 9.84 Å². The van der Waals surface area contributed by atoms with Crippen molar-refractivity contribution in [3.8, 4) is 0 Å². The van der Waals surface area contributed by atoms with E-state index < -0.39 is 12.2 Å². The summed E-state index contributed by atoms with van der Waals surface area (Å²) >= 11 is 0. The van der Waals surface area contributed by atoms with Gasteiger partial charge in [-0.2, -0.15) is 0 Å². The molecule has 1 saturated heterocycles. The summed E-state index contributed by atoms with van der Waals surface area (Å²) in [6.07, 6.45) is -0.288. The Morgan fingerprint density at radius 2 is 2.05 bits per heavy atom. The molecule has 0 aromatic rings. The normalized spacial score (nSPS) is 42.1. The molecular formula is C15H18O4. The summed E-state index contributed by atoms with van der Waals surface area (Å²) in [5, 5.41) is 10.3. The first-order chi connectivity index (χ1) is 8.91. The molecule has 2 fully saturated rings. The highest BCUT2D eigenvalue weighted by molar-refractivity contribution is 6.02. The second kappa shape index (κ2) is 4.04. The van der Waals surface area contributed by atoms with Crippen LogP contribution in [0.3, 0.4) is 0 Å². The standard InChI is InChI=1S/C15H18O4/c1-6-4-10(17)13-8(3)15(18)19-14(13)12-7(2)5-9(16)11(6)12/h8,10,12-14,17H,2,4-5H2,1,3H3/t8-,10+,12+,13-,14-/m1/s1. The number of esters is 1. The number of carbonyl (C=O) groups excluding carboxylic acids is 2. The van der Waals surface area contributed by atoms with E-state index in [4.69, 9.17) is 4.74 Å².